The van der Waals surface area contributed by atoms with E-state index < -0.39 is 5.82 Å². The molecule has 0 fully saturated rings. The lowest BCUT2D eigenvalue weighted by atomic mass is 10.2. The molecular formula is C14H14BrFN4O. The average molecular weight is 353 g/mol. The van der Waals surface area contributed by atoms with Crippen molar-refractivity contribution >= 4 is 28.1 Å². The van der Waals surface area contributed by atoms with Crippen molar-refractivity contribution in [2.75, 3.05) is 0 Å². The first-order valence-corrected chi connectivity index (χ1v) is 7.04. The van der Waals surface area contributed by atoms with Gasteiger partial charge in [0.2, 0.25) is 0 Å². The summed E-state index contributed by atoms with van der Waals surface area (Å²) < 4.78 is 15.8. The second-order valence-corrected chi connectivity index (χ2v) is 5.25. The molecule has 5 nitrogen and oxygen atoms in total. The van der Waals surface area contributed by atoms with Crippen LogP contribution in [0.1, 0.15) is 17.0 Å². The number of carbonyl (C=O) groups is 1. The Labute approximate surface area is 130 Å². The number of nitrogens with zero attached hydrogens (tertiary/aromatic N) is 3. The summed E-state index contributed by atoms with van der Waals surface area (Å²) in [5.41, 5.74) is 4.34. The van der Waals surface area contributed by atoms with Crippen LogP contribution in [0, 0.1) is 19.7 Å². The normalized spacial score (nSPS) is 11.0. The van der Waals surface area contributed by atoms with Gasteiger partial charge in [0.1, 0.15) is 12.4 Å². The highest BCUT2D eigenvalue weighted by molar-refractivity contribution is 9.10. The monoisotopic (exact) mass is 352 g/mol. The molecule has 0 spiro atoms. The zero-order valence-corrected chi connectivity index (χ0v) is 13.2. The van der Waals surface area contributed by atoms with Crippen molar-refractivity contribution in [1.29, 1.82) is 0 Å². The second-order valence-electron chi connectivity index (χ2n) is 4.46. The zero-order chi connectivity index (χ0) is 15.4. The summed E-state index contributed by atoms with van der Waals surface area (Å²) in [6.45, 7) is 3.76. The molecule has 0 aliphatic rings. The molecule has 1 N–H and O–H groups in total. The molecule has 0 radical (unpaired) electrons. The van der Waals surface area contributed by atoms with Gasteiger partial charge in [-0.3, -0.25) is 9.48 Å². The number of rotatable bonds is 4. The van der Waals surface area contributed by atoms with Crippen LogP contribution in [0.5, 0.6) is 0 Å². The molecule has 0 aliphatic heterocycles. The third-order valence-corrected chi connectivity index (χ3v) is 4.03. The number of nitrogens with one attached hydrogen (secondary N) is 1. The number of hydrogen-bond donors (Lipinski definition) is 1. The highest BCUT2D eigenvalue weighted by atomic mass is 79.9. The molecule has 1 aromatic heterocycles. The molecule has 1 heterocycles. The second kappa shape index (κ2) is 6.62. The molecule has 110 valence electrons. The van der Waals surface area contributed by atoms with Crippen molar-refractivity contribution in [2.24, 2.45) is 5.10 Å². The van der Waals surface area contributed by atoms with Crippen molar-refractivity contribution in [3.05, 3.63) is 51.5 Å². The van der Waals surface area contributed by atoms with Crippen LogP contribution in [0.4, 0.5) is 4.39 Å². The van der Waals surface area contributed by atoms with Gasteiger partial charge in [0.25, 0.3) is 5.91 Å². The van der Waals surface area contributed by atoms with E-state index in [0.717, 1.165) is 15.9 Å². The van der Waals surface area contributed by atoms with Crippen LogP contribution >= 0.6 is 15.9 Å². The summed E-state index contributed by atoms with van der Waals surface area (Å²) in [7, 11) is 0. The highest BCUT2D eigenvalue weighted by Gasteiger charge is 2.11. The Morgan fingerprint density at radius 1 is 1.48 bits per heavy atom. The molecule has 0 saturated heterocycles. The Morgan fingerprint density at radius 2 is 2.19 bits per heavy atom. The molecule has 0 atom stereocenters. The zero-order valence-electron chi connectivity index (χ0n) is 11.6. The van der Waals surface area contributed by atoms with Gasteiger partial charge in [0.15, 0.2) is 0 Å². The van der Waals surface area contributed by atoms with E-state index in [9.17, 15) is 9.18 Å². The topological polar surface area (TPSA) is 59.3 Å². The van der Waals surface area contributed by atoms with Gasteiger partial charge in [-0.05, 0) is 35.8 Å². The number of hydrazone groups is 1. The van der Waals surface area contributed by atoms with Gasteiger partial charge in [-0.2, -0.15) is 10.2 Å². The predicted octanol–water partition coefficient (Wildman–Crippen LogP) is 2.55. The number of carbonyl (C=O) groups excluding carboxylic acids is 1. The van der Waals surface area contributed by atoms with Crippen molar-refractivity contribution in [3.8, 4) is 0 Å². The number of hydrogen-bond acceptors (Lipinski definition) is 3. The summed E-state index contributed by atoms with van der Waals surface area (Å²) >= 11 is 3.39. The first kappa shape index (κ1) is 15.4. The Bertz CT molecular complexity index is 696. The van der Waals surface area contributed by atoms with Gasteiger partial charge >= 0.3 is 0 Å². The standard InChI is InChI=1S/C14H14BrFN4O/c1-9-14(15)10(2)20(19-9)8-13(21)18-17-7-11-5-3-4-6-12(11)16/h3-7H,8H2,1-2H3,(H,18,21)/b17-7+. The summed E-state index contributed by atoms with van der Waals surface area (Å²) in [6, 6.07) is 6.19. The fourth-order valence-corrected chi connectivity index (χ4v) is 2.04. The summed E-state index contributed by atoms with van der Waals surface area (Å²) in [6.07, 6.45) is 1.27. The lowest BCUT2D eigenvalue weighted by Gasteiger charge is -2.03. The fraction of sp³-hybridized carbons (Fsp3) is 0.214. The minimum Gasteiger partial charge on any atom is -0.271 e. The average Bonchev–Trinajstić information content (AvgIpc) is 2.68. The van der Waals surface area contributed by atoms with Crippen molar-refractivity contribution in [2.45, 2.75) is 20.4 Å². The molecular weight excluding hydrogens is 339 g/mol. The maximum atomic E-state index is 13.3. The molecule has 1 aromatic carbocycles. The molecule has 0 saturated carbocycles. The Morgan fingerprint density at radius 3 is 2.81 bits per heavy atom. The van der Waals surface area contributed by atoms with Gasteiger partial charge in [-0.15, -0.1) is 0 Å². The van der Waals surface area contributed by atoms with Crippen LogP contribution in [-0.2, 0) is 11.3 Å². The predicted molar refractivity (Wildman–Crippen MR) is 81.5 cm³/mol. The van der Waals surface area contributed by atoms with Crippen LogP contribution < -0.4 is 5.43 Å². The first-order chi connectivity index (χ1) is 9.99. The molecule has 21 heavy (non-hydrogen) atoms. The van der Waals surface area contributed by atoms with Crippen LogP contribution in [0.3, 0.4) is 0 Å². The van der Waals surface area contributed by atoms with E-state index >= 15 is 0 Å². The van der Waals surface area contributed by atoms with Crippen LogP contribution in [0.15, 0.2) is 33.8 Å². The van der Waals surface area contributed by atoms with Crippen molar-refractivity contribution in [1.82, 2.24) is 15.2 Å². The Hall–Kier alpha value is -2.02. The van der Waals surface area contributed by atoms with Gasteiger partial charge in [0.05, 0.1) is 22.1 Å². The molecule has 2 aromatic rings. The lowest BCUT2D eigenvalue weighted by Crippen LogP contribution is -2.24. The van der Waals surface area contributed by atoms with Crippen molar-refractivity contribution < 1.29 is 9.18 Å². The summed E-state index contributed by atoms with van der Waals surface area (Å²) in [4.78, 5) is 11.8. The van der Waals surface area contributed by atoms with E-state index in [1.54, 1.807) is 22.9 Å². The Kier molecular flexibility index (Phi) is 4.85. The summed E-state index contributed by atoms with van der Waals surface area (Å²) in [5.74, 6) is -0.723. The highest BCUT2D eigenvalue weighted by Crippen LogP contribution is 2.19. The van der Waals surface area contributed by atoms with E-state index in [-0.39, 0.29) is 12.5 Å². The number of halogens is 2. The van der Waals surface area contributed by atoms with Gasteiger partial charge in [0, 0.05) is 5.56 Å². The maximum absolute atomic E-state index is 13.3. The Balaban J connectivity index is 1.96. The van der Waals surface area contributed by atoms with Gasteiger partial charge in [-0.25, -0.2) is 9.82 Å². The van der Waals surface area contributed by atoms with Crippen LogP contribution in [0.25, 0.3) is 0 Å². The third kappa shape index (κ3) is 3.75. The number of amides is 1. The van der Waals surface area contributed by atoms with Gasteiger partial charge < -0.3 is 0 Å². The van der Waals surface area contributed by atoms with Gasteiger partial charge in [-0.1, -0.05) is 18.2 Å². The minimum atomic E-state index is -0.391. The molecule has 2 rings (SSSR count). The smallest absolute Gasteiger partial charge is 0.261 e. The summed E-state index contributed by atoms with van der Waals surface area (Å²) in [5, 5.41) is 7.97. The van der Waals surface area contributed by atoms with E-state index in [1.807, 2.05) is 13.8 Å². The number of aromatic nitrogens is 2. The van der Waals surface area contributed by atoms with Crippen molar-refractivity contribution in [3.63, 3.8) is 0 Å². The quantitative estimate of drug-likeness (QED) is 0.678. The molecule has 0 bridgehead atoms. The van der Waals surface area contributed by atoms with E-state index in [0.29, 0.717) is 5.56 Å². The lowest BCUT2D eigenvalue weighted by molar-refractivity contribution is -0.121. The first-order valence-electron chi connectivity index (χ1n) is 6.25. The number of benzene rings is 1. The molecule has 1 amide bonds. The number of aryl methyl sites for hydroxylation is 1. The molecule has 0 unspecified atom stereocenters. The molecule has 7 heteroatoms. The molecule has 0 aliphatic carbocycles. The fourth-order valence-electron chi connectivity index (χ4n) is 1.75. The van der Waals surface area contributed by atoms with E-state index in [2.05, 4.69) is 31.6 Å². The van der Waals surface area contributed by atoms with E-state index in [1.165, 1.54) is 12.3 Å². The van der Waals surface area contributed by atoms with E-state index in [4.69, 9.17) is 0 Å². The van der Waals surface area contributed by atoms with Crippen LogP contribution in [0.2, 0.25) is 0 Å². The maximum Gasteiger partial charge on any atom is 0.261 e. The van der Waals surface area contributed by atoms with Crippen LogP contribution in [-0.4, -0.2) is 21.9 Å². The third-order valence-electron chi connectivity index (χ3n) is 2.88. The largest absolute Gasteiger partial charge is 0.271 e. The minimum absolute atomic E-state index is 0.0485. The SMILES string of the molecule is Cc1nn(CC(=O)N/N=C/c2ccccc2F)c(C)c1Br.